The number of morpholine rings is 1. The molecule has 6 atom stereocenters. The van der Waals surface area contributed by atoms with E-state index in [1.54, 1.807) is 37.1 Å². The predicted octanol–water partition coefficient (Wildman–Crippen LogP) is 2.10. The van der Waals surface area contributed by atoms with Crippen LogP contribution in [0.2, 0.25) is 0 Å². The van der Waals surface area contributed by atoms with Crippen molar-refractivity contribution in [2.24, 2.45) is 22.7 Å². The Morgan fingerprint density at radius 1 is 1.10 bits per heavy atom. The largest absolute Gasteiger partial charge is 0.492 e. The second kappa shape index (κ2) is 17.9. The smallest absolute Gasteiger partial charge is 0.405 e. The van der Waals surface area contributed by atoms with Crippen LogP contribution >= 0.6 is 0 Å². The number of allylic oxidation sites excluding steroid dienone is 4. The van der Waals surface area contributed by atoms with Crippen LogP contribution in [0.25, 0.3) is 0 Å². The number of Topliss-reactive ketones (excluding diaryl/α,β-unsaturated/α-hetero) is 2. The second-order valence-corrected chi connectivity index (χ2v) is 12.1. The molecule has 0 aromatic heterocycles. The van der Waals surface area contributed by atoms with Crippen molar-refractivity contribution in [2.75, 3.05) is 47.6 Å². The van der Waals surface area contributed by atoms with Crippen molar-refractivity contribution in [1.82, 2.24) is 10.3 Å². The van der Waals surface area contributed by atoms with Gasteiger partial charge in [-0.25, -0.2) is 4.79 Å². The van der Waals surface area contributed by atoms with Crippen molar-refractivity contribution in [3.8, 4) is 0 Å². The van der Waals surface area contributed by atoms with Gasteiger partial charge in [-0.15, -0.1) is 0 Å². The number of hydrogen-bond donors (Lipinski definition) is 3. The van der Waals surface area contributed by atoms with Gasteiger partial charge in [-0.1, -0.05) is 38.2 Å². The zero-order valence-corrected chi connectivity index (χ0v) is 28.7. The molecule has 1 aliphatic carbocycles. The normalized spacial score (nSPS) is 31.6. The molecule has 264 valence electrons. The number of methoxy groups -OCH3 is 3. The van der Waals surface area contributed by atoms with E-state index in [9.17, 15) is 24.3 Å². The molecule has 48 heavy (non-hydrogen) atoms. The van der Waals surface area contributed by atoms with Crippen molar-refractivity contribution >= 4 is 29.8 Å². The zero-order chi connectivity index (χ0) is 35.5. The van der Waals surface area contributed by atoms with E-state index in [0.29, 0.717) is 38.3 Å². The van der Waals surface area contributed by atoms with Gasteiger partial charge in [0.2, 0.25) is 11.6 Å². The lowest BCUT2D eigenvalue weighted by atomic mass is 9.84. The molecule has 2 amide bonds. The van der Waals surface area contributed by atoms with Gasteiger partial charge in [-0.2, -0.15) is 5.10 Å². The number of fused-ring (bicyclic) bond motifs is 2. The maximum absolute atomic E-state index is 14.1. The van der Waals surface area contributed by atoms with Gasteiger partial charge in [0.15, 0.2) is 11.9 Å². The fourth-order valence-electron chi connectivity index (χ4n) is 5.80. The number of rotatable bonds is 6. The summed E-state index contributed by atoms with van der Waals surface area (Å²) in [5, 5.41) is 20.1. The van der Waals surface area contributed by atoms with E-state index in [4.69, 9.17) is 29.4 Å². The summed E-state index contributed by atoms with van der Waals surface area (Å²) in [4.78, 5) is 53.2. The number of carbonyl (C=O) groups is 4. The molecule has 1 fully saturated rings. The van der Waals surface area contributed by atoms with Crippen LogP contribution in [0.15, 0.2) is 63.2 Å². The van der Waals surface area contributed by atoms with Crippen molar-refractivity contribution in [3.05, 3.63) is 58.1 Å². The summed E-state index contributed by atoms with van der Waals surface area (Å²) in [6.45, 7) is 8.82. The van der Waals surface area contributed by atoms with Crippen LogP contribution in [0.5, 0.6) is 0 Å². The molecule has 2 bridgehead atoms. The lowest BCUT2D eigenvalue weighted by Crippen LogP contribution is -2.38. The van der Waals surface area contributed by atoms with Crippen LogP contribution in [0.3, 0.4) is 0 Å². The Labute approximate surface area is 281 Å². The first kappa shape index (κ1) is 38.3. The number of aliphatic hydroxyl groups excluding tert-OH is 1. The number of aliphatic hydroxyl groups is 1. The van der Waals surface area contributed by atoms with Gasteiger partial charge in [0.1, 0.15) is 11.8 Å². The van der Waals surface area contributed by atoms with Crippen LogP contribution in [-0.2, 0) is 38.1 Å². The van der Waals surface area contributed by atoms with Gasteiger partial charge in [0.05, 0.1) is 57.4 Å². The number of ether oxygens (including phenoxy) is 5. The van der Waals surface area contributed by atoms with Crippen molar-refractivity contribution < 1.29 is 48.0 Å². The quantitative estimate of drug-likeness (QED) is 0.213. The van der Waals surface area contributed by atoms with Gasteiger partial charge in [-0.3, -0.25) is 19.4 Å². The van der Waals surface area contributed by atoms with Crippen molar-refractivity contribution in [2.45, 2.75) is 65.0 Å². The average molecular weight is 673 g/mol. The highest BCUT2D eigenvalue weighted by Gasteiger charge is 2.38. The molecule has 0 unspecified atom stereocenters. The van der Waals surface area contributed by atoms with Crippen LogP contribution in [0.1, 0.15) is 40.5 Å². The molecule has 14 nitrogen and oxygen atoms in total. The van der Waals surface area contributed by atoms with E-state index in [-0.39, 0.29) is 40.5 Å². The number of amides is 2. The Balaban J connectivity index is 2.15. The topological polar surface area (TPSA) is 188 Å². The molecule has 2 aliphatic heterocycles. The number of nitrogens with zero attached hydrogens (tertiary/aromatic N) is 2. The second-order valence-electron chi connectivity index (χ2n) is 12.1. The molecule has 1 saturated heterocycles. The Bertz CT molecular complexity index is 1410. The third kappa shape index (κ3) is 9.72. The highest BCUT2D eigenvalue weighted by atomic mass is 16.6. The molecule has 0 radical (unpaired) electrons. The van der Waals surface area contributed by atoms with Crippen molar-refractivity contribution in [3.63, 3.8) is 0 Å². The zero-order valence-electron chi connectivity index (χ0n) is 28.7. The van der Waals surface area contributed by atoms with Gasteiger partial charge in [0, 0.05) is 31.3 Å². The predicted molar refractivity (Wildman–Crippen MR) is 176 cm³/mol. The molecule has 4 N–H and O–H groups in total. The minimum Gasteiger partial charge on any atom is -0.492 e. The van der Waals surface area contributed by atoms with E-state index in [2.05, 4.69) is 10.4 Å². The molecule has 0 aromatic carbocycles. The summed E-state index contributed by atoms with van der Waals surface area (Å²) in [5.74, 6) is -2.70. The maximum atomic E-state index is 14.1. The monoisotopic (exact) mass is 672 g/mol. The Morgan fingerprint density at radius 3 is 2.40 bits per heavy atom. The third-order valence-corrected chi connectivity index (χ3v) is 8.48. The van der Waals surface area contributed by atoms with E-state index in [0.717, 1.165) is 0 Å². The van der Waals surface area contributed by atoms with Gasteiger partial charge < -0.3 is 39.8 Å². The van der Waals surface area contributed by atoms with E-state index in [1.807, 2.05) is 6.92 Å². The van der Waals surface area contributed by atoms with E-state index in [1.165, 1.54) is 40.5 Å². The summed E-state index contributed by atoms with van der Waals surface area (Å²) in [7, 11) is 4.22. The molecule has 0 saturated carbocycles. The summed E-state index contributed by atoms with van der Waals surface area (Å²) >= 11 is 0. The number of hydrogen-bond acceptors (Lipinski definition) is 12. The highest BCUT2D eigenvalue weighted by molar-refractivity contribution is 6.32. The molecule has 14 heteroatoms. The molecular formula is C34H48N4O10. The molecule has 0 aromatic rings. The minimum absolute atomic E-state index is 0.0933. The lowest BCUT2D eigenvalue weighted by molar-refractivity contribution is -0.121. The summed E-state index contributed by atoms with van der Waals surface area (Å²) in [6, 6.07) is 0. The van der Waals surface area contributed by atoms with E-state index < -0.39 is 53.9 Å². The molecule has 2 heterocycles. The average Bonchev–Trinajstić information content (AvgIpc) is 3.06. The Morgan fingerprint density at radius 2 is 1.79 bits per heavy atom. The molecule has 0 spiro atoms. The number of ketones is 2. The van der Waals surface area contributed by atoms with Crippen LogP contribution in [0, 0.1) is 11.8 Å². The number of primary amides is 1. The van der Waals surface area contributed by atoms with E-state index >= 15 is 0 Å². The molecule has 3 rings (SSSR count). The third-order valence-electron chi connectivity index (χ3n) is 8.48. The SMILES string of the molecule is COC1=C2C[C@H](C)C[C@H](OC)[C@H](O)[C@H](C)/C=C(/C)[C@H](OC(N)=O)[C@H](OC)/C=C/C=C(/C)C(=O)NC(=C(/C=N/N3CCOCC3)C1=O)C2=O. The first-order chi connectivity index (χ1) is 22.8. The van der Waals surface area contributed by atoms with Crippen LogP contribution in [0.4, 0.5) is 4.79 Å². The van der Waals surface area contributed by atoms with Gasteiger partial charge in [0.25, 0.3) is 5.91 Å². The maximum Gasteiger partial charge on any atom is 0.405 e. The number of hydrazone groups is 1. The molecular weight excluding hydrogens is 624 g/mol. The first-order valence-corrected chi connectivity index (χ1v) is 15.8. The fourth-order valence-corrected chi connectivity index (χ4v) is 5.80. The lowest BCUT2D eigenvalue weighted by Gasteiger charge is -2.30. The van der Waals surface area contributed by atoms with Gasteiger partial charge in [-0.05, 0) is 38.2 Å². The molecule has 3 aliphatic rings. The number of nitrogens with two attached hydrogens (primary N) is 1. The standard InChI is InChI=1S/C34H48N4O10/c1-19-15-23-29(40)27(24(30(41)32(23)46-7)18-36-38-11-13-47-14-12-38)37-33(42)20(2)9-8-10-25(44-5)31(48-34(35)43)22(4)17-21(3)28(39)26(16-19)45-6/h8-10,17-19,21,25-26,28,31,39H,11-16H2,1-7H3,(H2,35,43)(H,37,42)/b10-8+,20-9-,22-17-,36-18+/t19-,21+,25+,26-,28+,31-/m0/s1. The Kier molecular flexibility index (Phi) is 14.3. The fraction of sp³-hybridized carbons (Fsp3) is 0.559. The van der Waals surface area contributed by atoms with Gasteiger partial charge >= 0.3 is 6.09 Å². The summed E-state index contributed by atoms with van der Waals surface area (Å²) in [5.41, 5.74) is 5.91. The first-order valence-electron chi connectivity index (χ1n) is 15.8. The summed E-state index contributed by atoms with van der Waals surface area (Å²) < 4.78 is 27.5. The Hall–Kier alpha value is -4.11. The number of carbonyl (C=O) groups excluding carboxylic acids is 4. The number of nitrogens with one attached hydrogen (secondary N) is 1. The van der Waals surface area contributed by atoms with Crippen LogP contribution < -0.4 is 11.1 Å². The van der Waals surface area contributed by atoms with Crippen molar-refractivity contribution in [1.29, 1.82) is 0 Å². The minimum atomic E-state index is -1.01. The van der Waals surface area contributed by atoms with Crippen LogP contribution in [-0.4, -0.2) is 112 Å². The highest BCUT2D eigenvalue weighted by Crippen LogP contribution is 2.31. The summed E-state index contributed by atoms with van der Waals surface area (Å²) in [6.07, 6.45) is 3.60.